The summed E-state index contributed by atoms with van der Waals surface area (Å²) in [6, 6.07) is 2.85. The predicted octanol–water partition coefficient (Wildman–Crippen LogP) is 1.95. The lowest BCUT2D eigenvalue weighted by Gasteiger charge is -2.04. The Morgan fingerprint density at radius 1 is 1.41 bits per heavy atom. The number of carbonyl (C=O) groups excluding carboxylic acids is 1. The van der Waals surface area contributed by atoms with Crippen LogP contribution in [0.3, 0.4) is 0 Å². The fourth-order valence-electron chi connectivity index (χ4n) is 1.33. The summed E-state index contributed by atoms with van der Waals surface area (Å²) in [4.78, 5) is 11.6. The van der Waals surface area contributed by atoms with Crippen molar-refractivity contribution in [1.82, 2.24) is 9.78 Å². The van der Waals surface area contributed by atoms with E-state index in [9.17, 15) is 13.6 Å². The van der Waals surface area contributed by atoms with E-state index < -0.39 is 17.5 Å². The molecule has 4 nitrogen and oxygen atoms in total. The summed E-state index contributed by atoms with van der Waals surface area (Å²) in [7, 11) is 1.65. The normalized spacial score (nSPS) is 10.3. The Labute approximate surface area is 95.9 Å². The predicted molar refractivity (Wildman–Crippen MR) is 57.5 cm³/mol. The highest BCUT2D eigenvalue weighted by Gasteiger charge is 2.11. The van der Waals surface area contributed by atoms with E-state index in [-0.39, 0.29) is 11.3 Å². The van der Waals surface area contributed by atoms with Crippen LogP contribution in [0.25, 0.3) is 0 Å². The van der Waals surface area contributed by atoms with Gasteiger partial charge in [0.15, 0.2) is 0 Å². The SMILES string of the molecule is Cn1cc(C(=O)Nc2cc(F)ccc2F)cn1. The lowest BCUT2D eigenvalue weighted by atomic mass is 10.2. The second-order valence-corrected chi connectivity index (χ2v) is 3.48. The highest BCUT2D eigenvalue weighted by atomic mass is 19.1. The van der Waals surface area contributed by atoms with Gasteiger partial charge in [-0.2, -0.15) is 5.10 Å². The summed E-state index contributed by atoms with van der Waals surface area (Å²) in [5, 5.41) is 6.08. The maximum Gasteiger partial charge on any atom is 0.258 e. The third-order valence-corrected chi connectivity index (χ3v) is 2.14. The first-order chi connectivity index (χ1) is 8.06. The number of amides is 1. The molecule has 0 spiro atoms. The molecule has 2 aromatic rings. The number of rotatable bonds is 2. The molecule has 2 rings (SSSR count). The van der Waals surface area contributed by atoms with Crippen molar-refractivity contribution >= 4 is 11.6 Å². The van der Waals surface area contributed by atoms with Crippen molar-refractivity contribution in [3.63, 3.8) is 0 Å². The van der Waals surface area contributed by atoms with Crippen molar-refractivity contribution in [2.45, 2.75) is 0 Å². The zero-order valence-corrected chi connectivity index (χ0v) is 8.95. The Balaban J connectivity index is 2.21. The first kappa shape index (κ1) is 11.3. The van der Waals surface area contributed by atoms with Crippen LogP contribution in [-0.4, -0.2) is 15.7 Å². The Bertz CT molecular complexity index is 566. The molecular formula is C11H9F2N3O. The van der Waals surface area contributed by atoms with Crippen LogP contribution in [0.1, 0.15) is 10.4 Å². The molecule has 0 atom stereocenters. The van der Waals surface area contributed by atoms with E-state index in [2.05, 4.69) is 10.4 Å². The maximum atomic E-state index is 13.2. The standard InChI is InChI=1S/C11H9F2N3O/c1-16-6-7(5-14-16)11(17)15-10-4-8(12)2-3-9(10)13/h2-6H,1H3,(H,15,17). The average Bonchev–Trinajstić information content (AvgIpc) is 2.70. The van der Waals surface area contributed by atoms with Crippen LogP contribution in [0, 0.1) is 11.6 Å². The van der Waals surface area contributed by atoms with E-state index in [1.165, 1.54) is 17.1 Å². The molecular weight excluding hydrogens is 228 g/mol. The number of anilines is 1. The van der Waals surface area contributed by atoms with Crippen LogP contribution < -0.4 is 5.32 Å². The second-order valence-electron chi connectivity index (χ2n) is 3.48. The van der Waals surface area contributed by atoms with Gasteiger partial charge in [-0.15, -0.1) is 0 Å². The zero-order chi connectivity index (χ0) is 12.4. The third-order valence-electron chi connectivity index (χ3n) is 2.14. The quantitative estimate of drug-likeness (QED) is 0.867. The fraction of sp³-hybridized carbons (Fsp3) is 0.0909. The van der Waals surface area contributed by atoms with Gasteiger partial charge in [0.25, 0.3) is 5.91 Å². The number of halogens is 2. The summed E-state index contributed by atoms with van der Waals surface area (Å²) < 4.78 is 27.6. The topological polar surface area (TPSA) is 46.9 Å². The number of nitrogens with zero attached hydrogens (tertiary/aromatic N) is 2. The summed E-state index contributed by atoms with van der Waals surface area (Å²) in [5.74, 6) is -1.85. The molecule has 1 aromatic heterocycles. The molecule has 0 saturated heterocycles. The molecule has 0 aliphatic heterocycles. The molecule has 0 fully saturated rings. The molecule has 1 aromatic carbocycles. The highest BCUT2D eigenvalue weighted by Crippen LogP contribution is 2.16. The van der Waals surface area contributed by atoms with Crippen molar-refractivity contribution in [3.05, 3.63) is 47.8 Å². The highest BCUT2D eigenvalue weighted by molar-refractivity contribution is 6.03. The van der Waals surface area contributed by atoms with Crippen molar-refractivity contribution < 1.29 is 13.6 Å². The van der Waals surface area contributed by atoms with E-state index in [1.54, 1.807) is 7.05 Å². The van der Waals surface area contributed by atoms with Crippen LogP contribution in [0.5, 0.6) is 0 Å². The molecule has 1 amide bonds. The summed E-state index contributed by atoms with van der Waals surface area (Å²) >= 11 is 0. The minimum Gasteiger partial charge on any atom is -0.319 e. The summed E-state index contributed by atoms with van der Waals surface area (Å²) in [6.45, 7) is 0. The Kier molecular flexibility index (Phi) is 2.86. The molecule has 0 aliphatic carbocycles. The Morgan fingerprint density at radius 2 is 2.18 bits per heavy atom. The van der Waals surface area contributed by atoms with Gasteiger partial charge in [0.05, 0.1) is 17.4 Å². The minimum absolute atomic E-state index is 0.196. The molecule has 1 heterocycles. The van der Waals surface area contributed by atoms with Crippen LogP contribution >= 0.6 is 0 Å². The number of hydrogen-bond acceptors (Lipinski definition) is 2. The molecule has 0 unspecified atom stereocenters. The van der Waals surface area contributed by atoms with E-state index in [4.69, 9.17) is 0 Å². The molecule has 0 bridgehead atoms. The average molecular weight is 237 g/mol. The van der Waals surface area contributed by atoms with Gasteiger partial charge in [0.1, 0.15) is 11.6 Å². The number of hydrogen-bond donors (Lipinski definition) is 1. The molecule has 88 valence electrons. The van der Waals surface area contributed by atoms with Crippen molar-refractivity contribution in [3.8, 4) is 0 Å². The van der Waals surface area contributed by atoms with Crippen LogP contribution in [0.15, 0.2) is 30.6 Å². The lowest BCUT2D eigenvalue weighted by Crippen LogP contribution is -2.12. The van der Waals surface area contributed by atoms with Gasteiger partial charge in [-0.25, -0.2) is 8.78 Å². The Morgan fingerprint density at radius 3 is 2.82 bits per heavy atom. The van der Waals surface area contributed by atoms with Gasteiger partial charge in [-0.05, 0) is 12.1 Å². The molecule has 0 saturated carbocycles. The largest absolute Gasteiger partial charge is 0.319 e. The fourth-order valence-corrected chi connectivity index (χ4v) is 1.33. The van der Waals surface area contributed by atoms with Crippen molar-refractivity contribution in [2.75, 3.05) is 5.32 Å². The zero-order valence-electron chi connectivity index (χ0n) is 8.95. The van der Waals surface area contributed by atoms with E-state index in [0.717, 1.165) is 18.2 Å². The van der Waals surface area contributed by atoms with Gasteiger partial charge in [0, 0.05) is 19.3 Å². The monoisotopic (exact) mass is 237 g/mol. The van der Waals surface area contributed by atoms with Crippen LogP contribution in [0.2, 0.25) is 0 Å². The first-order valence-electron chi connectivity index (χ1n) is 4.81. The van der Waals surface area contributed by atoms with E-state index >= 15 is 0 Å². The number of carbonyl (C=O) groups is 1. The van der Waals surface area contributed by atoms with Gasteiger partial charge in [-0.1, -0.05) is 0 Å². The first-order valence-corrected chi connectivity index (χ1v) is 4.81. The molecule has 6 heteroatoms. The third kappa shape index (κ3) is 2.47. The second kappa shape index (κ2) is 4.32. The van der Waals surface area contributed by atoms with Gasteiger partial charge < -0.3 is 5.32 Å². The summed E-state index contributed by atoms with van der Waals surface area (Å²) in [6.07, 6.45) is 2.82. The Hall–Kier alpha value is -2.24. The molecule has 0 radical (unpaired) electrons. The number of nitrogens with one attached hydrogen (secondary N) is 1. The smallest absolute Gasteiger partial charge is 0.258 e. The number of aryl methyl sites for hydroxylation is 1. The molecule has 17 heavy (non-hydrogen) atoms. The van der Waals surface area contributed by atoms with E-state index in [0.29, 0.717) is 0 Å². The van der Waals surface area contributed by atoms with Gasteiger partial charge >= 0.3 is 0 Å². The minimum atomic E-state index is -0.691. The van der Waals surface area contributed by atoms with Crippen LogP contribution in [0.4, 0.5) is 14.5 Å². The van der Waals surface area contributed by atoms with Crippen LogP contribution in [-0.2, 0) is 7.05 Å². The van der Waals surface area contributed by atoms with Crippen molar-refractivity contribution in [2.24, 2.45) is 7.05 Å². The summed E-state index contributed by atoms with van der Waals surface area (Å²) in [5.41, 5.74) is 0.0787. The van der Waals surface area contributed by atoms with E-state index in [1.807, 2.05) is 0 Å². The van der Waals surface area contributed by atoms with Gasteiger partial charge in [0.2, 0.25) is 0 Å². The van der Waals surface area contributed by atoms with Crippen molar-refractivity contribution in [1.29, 1.82) is 0 Å². The number of benzene rings is 1. The maximum absolute atomic E-state index is 13.2. The van der Waals surface area contributed by atoms with Gasteiger partial charge in [-0.3, -0.25) is 9.48 Å². The molecule has 1 N–H and O–H groups in total. The lowest BCUT2D eigenvalue weighted by molar-refractivity contribution is 0.102. The number of aromatic nitrogens is 2. The molecule has 0 aliphatic rings.